The van der Waals surface area contributed by atoms with Crippen LogP contribution in [0.15, 0.2) is 18.2 Å². The quantitative estimate of drug-likeness (QED) is 0.437. The number of aryl methyl sites for hydroxylation is 1. The van der Waals surface area contributed by atoms with E-state index in [0.717, 1.165) is 35.6 Å². The van der Waals surface area contributed by atoms with Crippen molar-refractivity contribution >= 4 is 29.6 Å². The summed E-state index contributed by atoms with van der Waals surface area (Å²) in [6.07, 6.45) is -1.95. The number of fused-ring (bicyclic) bond motifs is 1. The average Bonchev–Trinajstić information content (AvgIpc) is 3.42. The molecule has 3 aliphatic rings. The number of tetrazole rings is 1. The van der Waals surface area contributed by atoms with Gasteiger partial charge in [-0.2, -0.15) is 13.2 Å². The molecule has 16 heteroatoms. The van der Waals surface area contributed by atoms with E-state index >= 15 is 0 Å². The number of hydrogen-bond donors (Lipinski definition) is 3. The van der Waals surface area contributed by atoms with E-state index in [0.29, 0.717) is 13.1 Å². The van der Waals surface area contributed by atoms with Crippen LogP contribution < -0.4 is 10.6 Å². The number of carbonyl (C=O) groups is 5. The van der Waals surface area contributed by atoms with Crippen molar-refractivity contribution in [3.63, 3.8) is 0 Å². The minimum Gasteiger partial charge on any atom is -0.475 e. The topological polar surface area (TPSA) is 176 Å². The van der Waals surface area contributed by atoms with Gasteiger partial charge in [-0.15, -0.1) is 5.10 Å². The number of hydrogen-bond acceptors (Lipinski definition) is 9. The molecule has 2 aliphatic heterocycles. The highest BCUT2D eigenvalue weighted by atomic mass is 19.4. The minimum absolute atomic E-state index is 0.0955. The lowest BCUT2D eigenvalue weighted by molar-refractivity contribution is -0.192. The van der Waals surface area contributed by atoms with Crippen molar-refractivity contribution in [3.8, 4) is 0 Å². The summed E-state index contributed by atoms with van der Waals surface area (Å²) in [4.78, 5) is 59.4. The van der Waals surface area contributed by atoms with Crippen LogP contribution in [0.4, 0.5) is 13.2 Å². The lowest BCUT2D eigenvalue weighted by atomic mass is 9.75. The fourth-order valence-electron chi connectivity index (χ4n) is 4.67. The summed E-state index contributed by atoms with van der Waals surface area (Å²) in [7, 11) is 0. The van der Waals surface area contributed by atoms with E-state index in [1.165, 1.54) is 0 Å². The number of amides is 4. The van der Waals surface area contributed by atoms with Crippen LogP contribution in [0.2, 0.25) is 0 Å². The normalized spacial score (nSPS) is 20.1. The number of carboxylic acid groups (broad SMARTS) is 1. The Morgan fingerprint density at radius 2 is 1.85 bits per heavy atom. The number of rotatable bonds is 6. The number of benzene rings is 1. The number of carbonyl (C=O) groups excluding carboxylic acids is 4. The second kappa shape index (κ2) is 10.5. The molecule has 0 radical (unpaired) electrons. The molecule has 1 aliphatic carbocycles. The number of halogens is 3. The maximum absolute atomic E-state index is 13.0. The molecule has 5 rings (SSSR count). The van der Waals surface area contributed by atoms with Gasteiger partial charge in [-0.25, -0.2) is 9.48 Å². The zero-order valence-corrected chi connectivity index (χ0v) is 20.6. The zero-order valence-electron chi connectivity index (χ0n) is 20.6. The molecule has 2 fully saturated rings. The van der Waals surface area contributed by atoms with Crippen molar-refractivity contribution in [3.05, 3.63) is 40.7 Å². The van der Waals surface area contributed by atoms with Crippen LogP contribution in [0, 0.1) is 0 Å². The summed E-state index contributed by atoms with van der Waals surface area (Å²) in [6.45, 7) is 3.14. The third-order valence-corrected chi connectivity index (χ3v) is 6.84. The van der Waals surface area contributed by atoms with Crippen molar-refractivity contribution in [2.45, 2.75) is 69.9 Å². The monoisotopic (exact) mass is 551 g/mol. The summed E-state index contributed by atoms with van der Waals surface area (Å²) >= 11 is 0. The van der Waals surface area contributed by atoms with Crippen LogP contribution in [0.5, 0.6) is 0 Å². The number of alkyl halides is 3. The van der Waals surface area contributed by atoms with Crippen LogP contribution >= 0.6 is 0 Å². The van der Waals surface area contributed by atoms with E-state index in [4.69, 9.17) is 9.90 Å². The highest BCUT2D eigenvalue weighted by Crippen LogP contribution is 2.40. The third-order valence-electron chi connectivity index (χ3n) is 6.84. The molecule has 1 saturated heterocycles. The van der Waals surface area contributed by atoms with Gasteiger partial charge in [0.25, 0.3) is 11.8 Å². The molecule has 1 saturated carbocycles. The standard InChI is InChI=1S/C21H23N7O4.C2HF3O2/c1-2-27-20(24-25-26-27)21(8-3-9-21)22-11-12-4-5-13-14(10-12)19(32)28(18(13)31)15-6-7-16(29)23-17(15)30;3-2(4,5)1(6)7/h4-5,10,15,22H,2-3,6-9,11H2,1H3,(H,23,29,30);(H,6,7). The number of aromatic nitrogens is 4. The molecule has 1 aromatic heterocycles. The summed E-state index contributed by atoms with van der Waals surface area (Å²) in [5, 5.41) is 25.0. The first-order valence-electron chi connectivity index (χ1n) is 12.0. The summed E-state index contributed by atoms with van der Waals surface area (Å²) in [6, 6.07) is 4.17. The predicted octanol–water partition coefficient (Wildman–Crippen LogP) is 0.896. The summed E-state index contributed by atoms with van der Waals surface area (Å²) in [5.41, 5.74) is 1.09. The molecule has 1 unspecified atom stereocenters. The van der Waals surface area contributed by atoms with Crippen LogP contribution in [-0.2, 0) is 33.0 Å². The molecule has 208 valence electrons. The van der Waals surface area contributed by atoms with Gasteiger partial charge in [-0.05, 0) is 60.7 Å². The molecule has 2 aromatic rings. The van der Waals surface area contributed by atoms with Gasteiger partial charge in [0, 0.05) is 19.5 Å². The smallest absolute Gasteiger partial charge is 0.475 e. The van der Waals surface area contributed by atoms with Gasteiger partial charge in [0.05, 0.1) is 16.7 Å². The number of nitrogens with one attached hydrogen (secondary N) is 2. The molecule has 3 heterocycles. The lowest BCUT2D eigenvalue weighted by Gasteiger charge is -2.41. The van der Waals surface area contributed by atoms with E-state index in [9.17, 15) is 32.3 Å². The van der Waals surface area contributed by atoms with Gasteiger partial charge < -0.3 is 10.4 Å². The zero-order chi connectivity index (χ0) is 28.5. The van der Waals surface area contributed by atoms with Crippen molar-refractivity contribution in [2.75, 3.05) is 0 Å². The highest BCUT2D eigenvalue weighted by Gasteiger charge is 2.45. The average molecular weight is 551 g/mol. The van der Waals surface area contributed by atoms with Crippen LogP contribution in [0.1, 0.15) is 71.1 Å². The molecular weight excluding hydrogens is 527 g/mol. The van der Waals surface area contributed by atoms with Gasteiger partial charge in [-0.3, -0.25) is 29.4 Å². The Labute approximate surface area is 218 Å². The molecule has 1 atom stereocenters. The molecule has 0 spiro atoms. The minimum atomic E-state index is -5.08. The van der Waals surface area contributed by atoms with E-state index in [1.807, 2.05) is 6.92 Å². The highest BCUT2D eigenvalue weighted by molar-refractivity contribution is 6.23. The van der Waals surface area contributed by atoms with Gasteiger partial charge >= 0.3 is 12.1 Å². The molecule has 3 N–H and O–H groups in total. The van der Waals surface area contributed by atoms with Crippen LogP contribution in [0.25, 0.3) is 0 Å². The SMILES string of the molecule is CCn1nnnc1C1(NCc2ccc3c(c2)C(=O)N(C2CCC(=O)NC2=O)C3=O)CCC1.O=C(O)C(F)(F)F. The molecule has 1 aromatic carbocycles. The first-order valence-corrected chi connectivity index (χ1v) is 12.0. The maximum atomic E-state index is 13.0. The second-order valence-electron chi connectivity index (χ2n) is 9.24. The van der Waals surface area contributed by atoms with Crippen LogP contribution in [-0.4, -0.2) is 72.0 Å². The van der Waals surface area contributed by atoms with Gasteiger partial charge in [0.2, 0.25) is 11.8 Å². The van der Waals surface area contributed by atoms with Crippen molar-refractivity contribution in [2.24, 2.45) is 0 Å². The van der Waals surface area contributed by atoms with E-state index in [1.54, 1.807) is 22.9 Å². The van der Waals surface area contributed by atoms with E-state index < -0.39 is 41.8 Å². The summed E-state index contributed by atoms with van der Waals surface area (Å²) < 4.78 is 33.5. The number of piperidine rings is 1. The Morgan fingerprint density at radius 3 is 2.41 bits per heavy atom. The Hall–Kier alpha value is -4.21. The second-order valence-corrected chi connectivity index (χ2v) is 9.24. The predicted molar refractivity (Wildman–Crippen MR) is 123 cm³/mol. The third kappa shape index (κ3) is 5.36. The fraction of sp³-hybridized carbons (Fsp3) is 0.478. The first-order chi connectivity index (χ1) is 18.4. The van der Waals surface area contributed by atoms with Gasteiger partial charge in [-0.1, -0.05) is 6.07 Å². The number of carboxylic acids is 1. The number of aliphatic carboxylic acids is 1. The Balaban J connectivity index is 0.000000448. The van der Waals surface area contributed by atoms with Crippen molar-refractivity contribution in [1.82, 2.24) is 35.7 Å². The van der Waals surface area contributed by atoms with Crippen molar-refractivity contribution < 1.29 is 42.3 Å². The van der Waals surface area contributed by atoms with Gasteiger partial charge in [0.1, 0.15) is 6.04 Å². The van der Waals surface area contributed by atoms with E-state index in [2.05, 4.69) is 26.2 Å². The first kappa shape index (κ1) is 27.8. The van der Waals surface area contributed by atoms with Crippen molar-refractivity contribution in [1.29, 1.82) is 0 Å². The maximum Gasteiger partial charge on any atom is 0.490 e. The van der Waals surface area contributed by atoms with E-state index in [-0.39, 0.29) is 29.5 Å². The number of nitrogens with zero attached hydrogens (tertiary/aromatic N) is 5. The molecule has 13 nitrogen and oxygen atoms in total. The van der Waals surface area contributed by atoms with Crippen LogP contribution in [0.3, 0.4) is 0 Å². The Morgan fingerprint density at radius 1 is 1.18 bits per heavy atom. The molecule has 4 amide bonds. The van der Waals surface area contributed by atoms with Gasteiger partial charge in [0.15, 0.2) is 5.82 Å². The molecular formula is C23H24F3N7O6. The fourth-order valence-corrected chi connectivity index (χ4v) is 4.67. The Kier molecular flexibility index (Phi) is 7.50. The largest absolute Gasteiger partial charge is 0.490 e. The number of imide groups is 2. The Bertz CT molecular complexity index is 1340. The molecule has 39 heavy (non-hydrogen) atoms. The summed E-state index contributed by atoms with van der Waals surface area (Å²) in [5.74, 6) is -3.96. The molecule has 0 bridgehead atoms. The lowest BCUT2D eigenvalue weighted by Crippen LogP contribution is -2.54.